The van der Waals surface area contributed by atoms with Gasteiger partial charge in [0.2, 0.25) is 0 Å². The van der Waals surface area contributed by atoms with E-state index in [-0.39, 0.29) is 0 Å². The summed E-state index contributed by atoms with van der Waals surface area (Å²) in [4.78, 5) is 0. The highest BCUT2D eigenvalue weighted by Gasteiger charge is 2.25. The Morgan fingerprint density at radius 2 is 0.979 bits per heavy atom. The van der Waals surface area contributed by atoms with Crippen LogP contribution in [0.4, 0.5) is 0 Å². The first-order valence-electron chi connectivity index (χ1n) is 20.4. The molecule has 47 heavy (non-hydrogen) atoms. The van der Waals surface area contributed by atoms with Crippen LogP contribution in [-0.4, -0.2) is 4.57 Å². The SMILES string of the molecule is CCCCCCCCCCCCCCCCC[n+]1c(CC(C)c2ccccc2)cn(CCCCCCCCC)c1Cc1ccccc1. The second-order valence-electron chi connectivity index (χ2n) is 14.6. The van der Waals surface area contributed by atoms with Crippen molar-refractivity contribution in [2.24, 2.45) is 0 Å². The highest BCUT2D eigenvalue weighted by atomic mass is 15.2. The van der Waals surface area contributed by atoms with Gasteiger partial charge in [-0.2, -0.15) is 0 Å². The zero-order chi connectivity index (χ0) is 33.2. The first-order valence-corrected chi connectivity index (χ1v) is 20.4. The Hall–Kier alpha value is -2.35. The van der Waals surface area contributed by atoms with Gasteiger partial charge in [0.05, 0.1) is 19.5 Å². The maximum atomic E-state index is 2.75. The zero-order valence-electron chi connectivity index (χ0n) is 31.2. The first-order chi connectivity index (χ1) is 23.2. The fourth-order valence-electron chi connectivity index (χ4n) is 7.34. The second-order valence-corrected chi connectivity index (χ2v) is 14.6. The summed E-state index contributed by atoms with van der Waals surface area (Å²) in [6.07, 6.45) is 35.5. The molecule has 1 heterocycles. The van der Waals surface area contributed by atoms with Crippen molar-refractivity contribution in [1.29, 1.82) is 0 Å². The number of imidazole rings is 1. The fraction of sp³-hybridized carbons (Fsp3) is 0.667. The number of aromatic nitrogens is 2. The van der Waals surface area contributed by atoms with Crippen molar-refractivity contribution in [3.8, 4) is 0 Å². The zero-order valence-corrected chi connectivity index (χ0v) is 31.2. The maximum Gasteiger partial charge on any atom is 0.261 e. The Labute approximate surface area is 291 Å². The molecule has 0 fully saturated rings. The van der Waals surface area contributed by atoms with Crippen molar-refractivity contribution >= 4 is 0 Å². The second kappa shape index (κ2) is 25.6. The van der Waals surface area contributed by atoms with E-state index in [0.717, 1.165) is 25.9 Å². The quantitative estimate of drug-likeness (QED) is 0.0527. The number of benzene rings is 2. The smallest absolute Gasteiger partial charge is 0.234 e. The van der Waals surface area contributed by atoms with Crippen molar-refractivity contribution < 1.29 is 4.57 Å². The summed E-state index contributed by atoms with van der Waals surface area (Å²) in [7, 11) is 0. The van der Waals surface area contributed by atoms with E-state index in [4.69, 9.17) is 0 Å². The summed E-state index contributed by atoms with van der Waals surface area (Å²) in [5.74, 6) is 2.03. The molecule has 1 aromatic heterocycles. The predicted octanol–water partition coefficient (Wildman–Crippen LogP) is 13.3. The van der Waals surface area contributed by atoms with E-state index in [1.54, 1.807) is 0 Å². The number of nitrogens with zero attached hydrogens (tertiary/aromatic N) is 2. The fourth-order valence-corrected chi connectivity index (χ4v) is 7.34. The van der Waals surface area contributed by atoms with Gasteiger partial charge in [-0.25, -0.2) is 9.13 Å². The van der Waals surface area contributed by atoms with Gasteiger partial charge in [0.25, 0.3) is 5.82 Å². The summed E-state index contributed by atoms with van der Waals surface area (Å²) in [6.45, 7) is 9.33. The van der Waals surface area contributed by atoms with Gasteiger partial charge < -0.3 is 0 Å². The van der Waals surface area contributed by atoms with Gasteiger partial charge in [-0.05, 0) is 42.7 Å². The molecule has 0 saturated carbocycles. The van der Waals surface area contributed by atoms with Crippen LogP contribution in [0.3, 0.4) is 0 Å². The topological polar surface area (TPSA) is 8.81 Å². The third-order valence-electron chi connectivity index (χ3n) is 10.4. The Balaban J connectivity index is 1.55. The van der Waals surface area contributed by atoms with Gasteiger partial charge in [0, 0.05) is 6.42 Å². The van der Waals surface area contributed by atoms with Crippen LogP contribution in [0, 0.1) is 0 Å². The highest BCUT2D eigenvalue weighted by molar-refractivity contribution is 5.21. The van der Waals surface area contributed by atoms with E-state index >= 15 is 0 Å². The summed E-state index contributed by atoms with van der Waals surface area (Å²) in [5, 5.41) is 0. The van der Waals surface area contributed by atoms with Gasteiger partial charge in [0.15, 0.2) is 0 Å². The standard InChI is InChI=1S/C45H73N2/c1-4-6-8-10-12-13-14-15-16-17-18-19-21-23-31-37-47-44(38-41(3)43-34-28-25-29-35-43)40-46(36-30-22-20-11-9-7-5-2)45(47)39-42-32-26-24-27-33-42/h24-29,32-35,40-41H,4-23,30-31,36-39H2,1-3H3/q+1. The molecule has 0 saturated heterocycles. The molecule has 3 rings (SSSR count). The number of hydrogen-bond acceptors (Lipinski definition) is 0. The Kier molecular flexibility index (Phi) is 21.3. The minimum Gasteiger partial charge on any atom is -0.234 e. The molecular formula is C45H73N2+. The molecule has 0 amide bonds. The van der Waals surface area contributed by atoms with Crippen molar-refractivity contribution in [3.05, 3.63) is 89.5 Å². The highest BCUT2D eigenvalue weighted by Crippen LogP contribution is 2.22. The summed E-state index contributed by atoms with van der Waals surface area (Å²) in [6, 6.07) is 22.3. The molecule has 0 radical (unpaired) electrons. The van der Waals surface area contributed by atoms with Crippen LogP contribution in [0.2, 0.25) is 0 Å². The van der Waals surface area contributed by atoms with Crippen molar-refractivity contribution in [3.63, 3.8) is 0 Å². The molecule has 2 heteroatoms. The lowest BCUT2D eigenvalue weighted by atomic mass is 9.96. The Bertz CT molecular complexity index is 1130. The van der Waals surface area contributed by atoms with Crippen LogP contribution < -0.4 is 4.57 Å². The largest absolute Gasteiger partial charge is 0.261 e. The molecule has 0 spiro atoms. The van der Waals surface area contributed by atoms with Gasteiger partial charge in [0.1, 0.15) is 11.9 Å². The maximum absolute atomic E-state index is 2.75. The molecule has 3 aromatic rings. The van der Waals surface area contributed by atoms with E-state index in [9.17, 15) is 0 Å². The predicted molar refractivity (Wildman–Crippen MR) is 205 cm³/mol. The lowest BCUT2D eigenvalue weighted by Crippen LogP contribution is -2.41. The molecule has 2 nitrogen and oxygen atoms in total. The van der Waals surface area contributed by atoms with Gasteiger partial charge in [-0.3, -0.25) is 0 Å². The molecule has 0 N–H and O–H groups in total. The average molecular weight is 642 g/mol. The van der Waals surface area contributed by atoms with Crippen molar-refractivity contribution in [1.82, 2.24) is 4.57 Å². The monoisotopic (exact) mass is 642 g/mol. The lowest BCUT2D eigenvalue weighted by molar-refractivity contribution is -0.710. The normalized spacial score (nSPS) is 12.1. The van der Waals surface area contributed by atoms with E-state index in [1.807, 2.05) is 0 Å². The van der Waals surface area contributed by atoms with Gasteiger partial charge >= 0.3 is 0 Å². The molecule has 262 valence electrons. The van der Waals surface area contributed by atoms with Crippen LogP contribution in [0.15, 0.2) is 66.9 Å². The lowest BCUT2D eigenvalue weighted by Gasteiger charge is -2.12. The van der Waals surface area contributed by atoms with E-state index in [0.29, 0.717) is 5.92 Å². The summed E-state index contributed by atoms with van der Waals surface area (Å²) < 4.78 is 5.40. The van der Waals surface area contributed by atoms with Crippen LogP contribution in [0.25, 0.3) is 0 Å². The molecular weight excluding hydrogens is 569 g/mol. The molecule has 0 aliphatic heterocycles. The third kappa shape index (κ3) is 16.5. The van der Waals surface area contributed by atoms with E-state index < -0.39 is 0 Å². The third-order valence-corrected chi connectivity index (χ3v) is 10.4. The average Bonchev–Trinajstić information content (AvgIpc) is 3.41. The Morgan fingerprint density at radius 3 is 1.49 bits per heavy atom. The molecule has 1 atom stereocenters. The first kappa shape index (κ1) is 39.1. The summed E-state index contributed by atoms with van der Waals surface area (Å²) >= 11 is 0. The number of rotatable bonds is 29. The molecule has 2 aromatic carbocycles. The summed E-state index contributed by atoms with van der Waals surface area (Å²) in [5.41, 5.74) is 4.41. The van der Waals surface area contributed by atoms with Gasteiger partial charge in [-0.15, -0.1) is 0 Å². The van der Waals surface area contributed by atoms with Crippen LogP contribution in [0.5, 0.6) is 0 Å². The van der Waals surface area contributed by atoms with Gasteiger partial charge in [-0.1, -0.05) is 197 Å². The van der Waals surface area contributed by atoms with Crippen molar-refractivity contribution in [2.75, 3.05) is 0 Å². The van der Waals surface area contributed by atoms with Crippen LogP contribution in [-0.2, 0) is 25.9 Å². The van der Waals surface area contributed by atoms with Crippen LogP contribution in [0.1, 0.15) is 191 Å². The van der Waals surface area contributed by atoms with Crippen LogP contribution >= 0.6 is 0 Å². The number of aryl methyl sites for hydroxylation is 1. The minimum absolute atomic E-state index is 0.516. The molecule has 1 unspecified atom stereocenters. The molecule has 0 bridgehead atoms. The van der Waals surface area contributed by atoms with E-state index in [2.05, 4.69) is 96.8 Å². The molecule has 0 aliphatic carbocycles. The Morgan fingerprint density at radius 1 is 0.532 bits per heavy atom. The molecule has 0 aliphatic rings. The number of hydrogen-bond donors (Lipinski definition) is 0. The minimum atomic E-state index is 0.516. The number of unbranched alkanes of at least 4 members (excludes halogenated alkanes) is 20. The van der Waals surface area contributed by atoms with E-state index in [1.165, 1.54) is 164 Å². The van der Waals surface area contributed by atoms with Crippen molar-refractivity contribution in [2.45, 2.75) is 194 Å².